The van der Waals surface area contributed by atoms with Gasteiger partial charge < -0.3 is 9.88 Å². The van der Waals surface area contributed by atoms with E-state index in [2.05, 4.69) is 24.1 Å². The van der Waals surface area contributed by atoms with Crippen LogP contribution in [0.25, 0.3) is 0 Å². The molecule has 2 rings (SSSR count). The highest BCUT2D eigenvalue weighted by Gasteiger charge is 2.26. The van der Waals surface area contributed by atoms with Crippen LogP contribution in [0, 0.1) is 11.8 Å². The third kappa shape index (κ3) is 2.83. The Kier molecular flexibility index (Phi) is 4.10. The third-order valence-corrected chi connectivity index (χ3v) is 4.61. The van der Waals surface area contributed by atoms with Gasteiger partial charge in [0.1, 0.15) is 11.0 Å². The Morgan fingerprint density at radius 1 is 1.47 bits per heavy atom. The summed E-state index contributed by atoms with van der Waals surface area (Å²) in [6.07, 6.45) is 5.70. The van der Waals surface area contributed by atoms with E-state index in [1.165, 1.54) is 19.3 Å². The van der Waals surface area contributed by atoms with Crippen LogP contribution in [0.15, 0.2) is 6.20 Å². The zero-order valence-corrected chi connectivity index (χ0v) is 11.7. The number of halogens is 1. The van der Waals surface area contributed by atoms with Gasteiger partial charge in [-0.05, 0) is 18.3 Å². The van der Waals surface area contributed by atoms with Gasteiger partial charge in [-0.3, -0.25) is 0 Å². The van der Waals surface area contributed by atoms with Crippen LogP contribution in [-0.2, 0) is 13.6 Å². The average Bonchev–Trinajstić information content (AvgIpc) is 2.62. The lowest BCUT2D eigenvalue weighted by Gasteiger charge is -2.34. The van der Waals surface area contributed by atoms with Crippen molar-refractivity contribution < 1.29 is 0 Å². The first-order chi connectivity index (χ1) is 8.09. The number of rotatable bonds is 3. The molecule has 1 aromatic heterocycles. The van der Waals surface area contributed by atoms with E-state index < -0.39 is 0 Å². The zero-order chi connectivity index (χ0) is 12.4. The van der Waals surface area contributed by atoms with Gasteiger partial charge in [0.25, 0.3) is 0 Å². The molecule has 1 N–H and O–H groups in total. The Morgan fingerprint density at radius 3 is 2.88 bits per heavy atom. The maximum Gasteiger partial charge on any atom is 0.128 e. The summed E-state index contributed by atoms with van der Waals surface area (Å²) in [7, 11) is 1.96. The quantitative estimate of drug-likeness (QED) is 0.900. The second-order valence-electron chi connectivity index (χ2n) is 5.31. The van der Waals surface area contributed by atoms with Crippen molar-refractivity contribution in [3.8, 4) is 0 Å². The molecule has 4 heteroatoms. The molecule has 1 aliphatic rings. The van der Waals surface area contributed by atoms with E-state index in [4.69, 9.17) is 11.6 Å². The molecule has 3 nitrogen and oxygen atoms in total. The first-order valence-corrected chi connectivity index (χ1v) is 6.87. The maximum atomic E-state index is 5.98. The molecule has 3 unspecified atom stereocenters. The van der Waals surface area contributed by atoms with E-state index >= 15 is 0 Å². The summed E-state index contributed by atoms with van der Waals surface area (Å²) >= 11 is 5.98. The summed E-state index contributed by atoms with van der Waals surface area (Å²) in [6, 6.07) is 0.620. The SMILES string of the molecule is CC1CCCC(NCc2ncc(Cl)n2C)C1C. The van der Waals surface area contributed by atoms with Gasteiger partial charge in [0, 0.05) is 13.1 Å². The van der Waals surface area contributed by atoms with Crippen LogP contribution in [0.5, 0.6) is 0 Å². The van der Waals surface area contributed by atoms with Crippen molar-refractivity contribution in [1.82, 2.24) is 14.9 Å². The van der Waals surface area contributed by atoms with Crippen molar-refractivity contribution in [3.05, 3.63) is 17.2 Å². The Labute approximate surface area is 109 Å². The fraction of sp³-hybridized carbons (Fsp3) is 0.769. The molecule has 0 amide bonds. The minimum atomic E-state index is 0.620. The van der Waals surface area contributed by atoms with Crippen molar-refractivity contribution in [2.45, 2.75) is 45.7 Å². The minimum Gasteiger partial charge on any atom is -0.321 e. The fourth-order valence-corrected chi connectivity index (χ4v) is 2.83. The van der Waals surface area contributed by atoms with Gasteiger partial charge in [-0.15, -0.1) is 0 Å². The Hall–Kier alpha value is -0.540. The topological polar surface area (TPSA) is 29.9 Å². The number of hydrogen-bond acceptors (Lipinski definition) is 2. The van der Waals surface area contributed by atoms with Crippen molar-refractivity contribution in [3.63, 3.8) is 0 Å². The Bertz CT molecular complexity index is 375. The summed E-state index contributed by atoms with van der Waals surface area (Å²) < 4.78 is 1.94. The van der Waals surface area contributed by atoms with Crippen molar-refractivity contribution in [1.29, 1.82) is 0 Å². The largest absolute Gasteiger partial charge is 0.321 e. The van der Waals surface area contributed by atoms with Crippen LogP contribution in [0.1, 0.15) is 38.9 Å². The molecule has 0 aliphatic heterocycles. The molecule has 0 aromatic carbocycles. The lowest BCUT2D eigenvalue weighted by Crippen LogP contribution is -2.40. The lowest BCUT2D eigenvalue weighted by atomic mass is 9.78. The van der Waals surface area contributed by atoms with Gasteiger partial charge >= 0.3 is 0 Å². The molecule has 0 bridgehead atoms. The predicted molar refractivity (Wildman–Crippen MR) is 71.0 cm³/mol. The summed E-state index contributed by atoms with van der Waals surface area (Å²) in [4.78, 5) is 4.31. The number of imidazole rings is 1. The predicted octanol–water partition coefficient (Wildman–Crippen LogP) is 2.99. The van der Waals surface area contributed by atoms with Crippen LogP contribution in [0.3, 0.4) is 0 Å². The molecule has 1 heterocycles. The van der Waals surface area contributed by atoms with Crippen LogP contribution < -0.4 is 5.32 Å². The van der Waals surface area contributed by atoms with Gasteiger partial charge in [-0.2, -0.15) is 0 Å². The Morgan fingerprint density at radius 2 is 2.24 bits per heavy atom. The second kappa shape index (κ2) is 5.40. The average molecular weight is 256 g/mol. The van der Waals surface area contributed by atoms with Gasteiger partial charge in [0.05, 0.1) is 12.7 Å². The zero-order valence-electron chi connectivity index (χ0n) is 10.9. The second-order valence-corrected chi connectivity index (χ2v) is 5.70. The molecule has 0 radical (unpaired) electrons. The van der Waals surface area contributed by atoms with E-state index in [0.29, 0.717) is 11.2 Å². The highest BCUT2D eigenvalue weighted by atomic mass is 35.5. The highest BCUT2D eigenvalue weighted by molar-refractivity contribution is 6.29. The molecule has 3 atom stereocenters. The lowest BCUT2D eigenvalue weighted by molar-refractivity contribution is 0.204. The smallest absolute Gasteiger partial charge is 0.128 e. The summed E-state index contributed by atoms with van der Waals surface area (Å²) in [6.45, 7) is 5.52. The monoisotopic (exact) mass is 255 g/mol. The van der Waals surface area contributed by atoms with Crippen molar-refractivity contribution in [2.24, 2.45) is 18.9 Å². The molecule has 1 aliphatic carbocycles. The summed E-state index contributed by atoms with van der Waals surface area (Å²) in [5, 5.41) is 4.33. The van der Waals surface area contributed by atoms with E-state index in [1.807, 2.05) is 11.6 Å². The van der Waals surface area contributed by atoms with Crippen molar-refractivity contribution >= 4 is 11.6 Å². The molecule has 96 valence electrons. The van der Waals surface area contributed by atoms with Gasteiger partial charge in [0.2, 0.25) is 0 Å². The maximum absolute atomic E-state index is 5.98. The number of hydrogen-bond donors (Lipinski definition) is 1. The van der Waals surface area contributed by atoms with Crippen LogP contribution >= 0.6 is 11.6 Å². The first kappa shape index (κ1) is 12.9. The highest BCUT2D eigenvalue weighted by Crippen LogP contribution is 2.29. The minimum absolute atomic E-state index is 0.620. The molecule has 17 heavy (non-hydrogen) atoms. The van der Waals surface area contributed by atoms with Crippen LogP contribution in [0.4, 0.5) is 0 Å². The molecule has 1 fully saturated rings. The normalized spacial score (nSPS) is 29.5. The van der Waals surface area contributed by atoms with Gasteiger partial charge in [-0.25, -0.2) is 4.98 Å². The molecule has 0 spiro atoms. The third-order valence-electron chi connectivity index (χ3n) is 4.26. The summed E-state index contributed by atoms with van der Waals surface area (Å²) in [5.41, 5.74) is 0. The summed E-state index contributed by atoms with van der Waals surface area (Å²) in [5.74, 6) is 2.59. The number of nitrogens with one attached hydrogen (secondary N) is 1. The van der Waals surface area contributed by atoms with Gasteiger partial charge in [-0.1, -0.05) is 38.3 Å². The van der Waals surface area contributed by atoms with Crippen LogP contribution in [0.2, 0.25) is 5.15 Å². The fourth-order valence-electron chi connectivity index (χ4n) is 2.68. The molecule has 0 saturated heterocycles. The van der Waals surface area contributed by atoms with E-state index in [-0.39, 0.29) is 0 Å². The standard InChI is InChI=1S/C13H22ClN3/c1-9-5-4-6-11(10(9)2)15-8-13-16-7-12(14)17(13)3/h7,9-11,15H,4-6,8H2,1-3H3. The van der Waals surface area contributed by atoms with Crippen LogP contribution in [-0.4, -0.2) is 15.6 Å². The Balaban J connectivity index is 1.91. The number of nitrogens with zero attached hydrogens (tertiary/aromatic N) is 2. The van der Waals surface area contributed by atoms with E-state index in [9.17, 15) is 0 Å². The molecule has 1 aromatic rings. The molecular formula is C13H22ClN3. The number of aromatic nitrogens is 2. The van der Waals surface area contributed by atoms with E-state index in [0.717, 1.165) is 24.2 Å². The molecular weight excluding hydrogens is 234 g/mol. The van der Waals surface area contributed by atoms with E-state index in [1.54, 1.807) is 6.20 Å². The van der Waals surface area contributed by atoms with Gasteiger partial charge in [0.15, 0.2) is 0 Å². The first-order valence-electron chi connectivity index (χ1n) is 6.49. The molecule has 1 saturated carbocycles. The van der Waals surface area contributed by atoms with Crippen molar-refractivity contribution in [2.75, 3.05) is 0 Å².